The topological polar surface area (TPSA) is 50.4 Å². The summed E-state index contributed by atoms with van der Waals surface area (Å²) in [5, 5.41) is 5.92. The molecule has 1 fully saturated rings. The molecule has 1 aromatic rings. The highest BCUT2D eigenvalue weighted by molar-refractivity contribution is 5.81. The van der Waals surface area contributed by atoms with Gasteiger partial charge in [-0.25, -0.2) is 0 Å². The Morgan fingerprint density at radius 2 is 2.16 bits per heavy atom. The monoisotopic (exact) mass is 270 g/mol. The Hall–Kier alpha value is -1.69. The molecule has 1 amide bonds. The first-order valence-corrected chi connectivity index (χ1v) is 6.20. The molecule has 1 aliphatic heterocycles. The largest absolute Gasteiger partial charge is 0.435 e. The normalized spacial score (nSPS) is 18.6. The summed E-state index contributed by atoms with van der Waals surface area (Å²) < 4.78 is 28.2. The van der Waals surface area contributed by atoms with Crippen LogP contribution in [0.25, 0.3) is 0 Å². The number of halogens is 2. The first-order chi connectivity index (χ1) is 9.15. The first-order valence-electron chi connectivity index (χ1n) is 6.20. The van der Waals surface area contributed by atoms with E-state index < -0.39 is 6.61 Å². The minimum atomic E-state index is -2.82. The molecule has 1 aliphatic rings. The van der Waals surface area contributed by atoms with Crippen molar-refractivity contribution in [2.75, 3.05) is 6.54 Å². The van der Waals surface area contributed by atoms with Gasteiger partial charge in [0.25, 0.3) is 0 Å². The zero-order valence-electron chi connectivity index (χ0n) is 10.4. The lowest BCUT2D eigenvalue weighted by Gasteiger charge is -2.11. The van der Waals surface area contributed by atoms with Crippen LogP contribution in [-0.2, 0) is 11.3 Å². The Balaban J connectivity index is 1.80. The lowest BCUT2D eigenvalue weighted by Crippen LogP contribution is -2.39. The SMILES string of the molecule is O=C(NCc1ccc(OC(F)F)cc1)[C@@H]1CCCN1. The van der Waals surface area contributed by atoms with Gasteiger partial charge in [0.15, 0.2) is 0 Å². The molecule has 19 heavy (non-hydrogen) atoms. The maximum absolute atomic E-state index is 12.0. The number of benzene rings is 1. The summed E-state index contributed by atoms with van der Waals surface area (Å²) >= 11 is 0. The van der Waals surface area contributed by atoms with Gasteiger partial charge in [-0.15, -0.1) is 0 Å². The van der Waals surface area contributed by atoms with Crippen LogP contribution in [-0.4, -0.2) is 25.1 Å². The summed E-state index contributed by atoms with van der Waals surface area (Å²) in [6.45, 7) is -1.57. The van der Waals surface area contributed by atoms with E-state index in [0.29, 0.717) is 6.54 Å². The van der Waals surface area contributed by atoms with Crippen molar-refractivity contribution in [3.63, 3.8) is 0 Å². The van der Waals surface area contributed by atoms with Crippen molar-refractivity contribution >= 4 is 5.91 Å². The Morgan fingerprint density at radius 3 is 2.74 bits per heavy atom. The van der Waals surface area contributed by atoms with Gasteiger partial charge in [0, 0.05) is 6.54 Å². The van der Waals surface area contributed by atoms with Crippen LogP contribution < -0.4 is 15.4 Å². The fourth-order valence-corrected chi connectivity index (χ4v) is 2.01. The second-order valence-electron chi connectivity index (χ2n) is 4.39. The van der Waals surface area contributed by atoms with Crippen LogP contribution in [0.5, 0.6) is 5.75 Å². The first kappa shape index (κ1) is 13.7. The number of ether oxygens (including phenoxy) is 1. The molecule has 1 aromatic carbocycles. The van der Waals surface area contributed by atoms with Crippen LogP contribution in [0, 0.1) is 0 Å². The second-order valence-corrected chi connectivity index (χ2v) is 4.39. The van der Waals surface area contributed by atoms with E-state index >= 15 is 0 Å². The lowest BCUT2D eigenvalue weighted by molar-refractivity contribution is -0.122. The standard InChI is InChI=1S/C13H16F2N2O2/c14-13(15)19-10-5-3-9(4-6-10)8-17-12(18)11-2-1-7-16-11/h3-6,11,13,16H,1-2,7-8H2,(H,17,18)/t11-/m0/s1. The van der Waals surface area contributed by atoms with Crippen molar-refractivity contribution in [1.82, 2.24) is 10.6 Å². The number of carbonyl (C=O) groups excluding carboxylic acids is 1. The minimum Gasteiger partial charge on any atom is -0.435 e. The van der Waals surface area contributed by atoms with Gasteiger partial charge in [-0.1, -0.05) is 12.1 Å². The molecule has 104 valence electrons. The van der Waals surface area contributed by atoms with Crippen molar-refractivity contribution < 1.29 is 18.3 Å². The van der Waals surface area contributed by atoms with E-state index in [1.54, 1.807) is 12.1 Å². The van der Waals surface area contributed by atoms with Crippen LogP contribution in [0.15, 0.2) is 24.3 Å². The highest BCUT2D eigenvalue weighted by atomic mass is 19.3. The van der Waals surface area contributed by atoms with Crippen LogP contribution in [0.1, 0.15) is 18.4 Å². The summed E-state index contributed by atoms with van der Waals surface area (Å²) in [6, 6.07) is 6.12. The van der Waals surface area contributed by atoms with Gasteiger partial charge in [0.1, 0.15) is 5.75 Å². The predicted molar refractivity (Wildman–Crippen MR) is 65.9 cm³/mol. The molecule has 6 heteroatoms. The fourth-order valence-electron chi connectivity index (χ4n) is 2.01. The van der Waals surface area contributed by atoms with Crippen molar-refractivity contribution in [2.45, 2.75) is 32.0 Å². The van der Waals surface area contributed by atoms with E-state index in [-0.39, 0.29) is 17.7 Å². The Bertz CT molecular complexity index is 417. The average molecular weight is 270 g/mol. The van der Waals surface area contributed by atoms with E-state index in [1.165, 1.54) is 12.1 Å². The Kier molecular flexibility index (Phi) is 4.68. The summed E-state index contributed by atoms with van der Waals surface area (Å²) in [5.41, 5.74) is 0.841. The molecule has 2 N–H and O–H groups in total. The minimum absolute atomic E-state index is 0.0228. The molecule has 0 aliphatic carbocycles. The molecular weight excluding hydrogens is 254 g/mol. The van der Waals surface area contributed by atoms with Gasteiger partial charge in [0.05, 0.1) is 6.04 Å². The molecule has 2 rings (SSSR count). The molecule has 1 saturated heterocycles. The third kappa shape index (κ3) is 4.17. The summed E-state index contributed by atoms with van der Waals surface area (Å²) in [4.78, 5) is 11.7. The van der Waals surface area contributed by atoms with Crippen molar-refractivity contribution in [1.29, 1.82) is 0 Å². The lowest BCUT2D eigenvalue weighted by atomic mass is 10.2. The molecule has 0 radical (unpaired) electrons. The van der Waals surface area contributed by atoms with Crippen molar-refractivity contribution in [2.24, 2.45) is 0 Å². The third-order valence-corrected chi connectivity index (χ3v) is 2.99. The highest BCUT2D eigenvalue weighted by Crippen LogP contribution is 2.15. The fraction of sp³-hybridized carbons (Fsp3) is 0.462. The van der Waals surface area contributed by atoms with Crippen LogP contribution in [0.3, 0.4) is 0 Å². The number of carbonyl (C=O) groups is 1. The number of hydrogen-bond donors (Lipinski definition) is 2. The second kappa shape index (κ2) is 6.47. The molecule has 0 saturated carbocycles. The predicted octanol–water partition coefficient (Wildman–Crippen LogP) is 1.66. The van der Waals surface area contributed by atoms with Crippen LogP contribution >= 0.6 is 0 Å². The quantitative estimate of drug-likeness (QED) is 0.855. The van der Waals surface area contributed by atoms with Crippen LogP contribution in [0.4, 0.5) is 8.78 Å². The smallest absolute Gasteiger partial charge is 0.387 e. The van der Waals surface area contributed by atoms with Gasteiger partial charge >= 0.3 is 6.61 Å². The summed E-state index contributed by atoms with van der Waals surface area (Å²) in [7, 11) is 0. The summed E-state index contributed by atoms with van der Waals surface area (Å²) in [5.74, 6) is 0.0907. The Labute approximate surface area is 110 Å². The third-order valence-electron chi connectivity index (χ3n) is 2.99. The van der Waals surface area contributed by atoms with Gasteiger partial charge in [-0.05, 0) is 37.1 Å². The number of nitrogens with one attached hydrogen (secondary N) is 2. The Morgan fingerprint density at radius 1 is 1.42 bits per heavy atom. The van der Waals surface area contributed by atoms with E-state index in [2.05, 4.69) is 15.4 Å². The van der Waals surface area contributed by atoms with E-state index in [4.69, 9.17) is 0 Å². The van der Waals surface area contributed by atoms with Crippen molar-refractivity contribution in [3.05, 3.63) is 29.8 Å². The highest BCUT2D eigenvalue weighted by Gasteiger charge is 2.21. The zero-order chi connectivity index (χ0) is 13.7. The maximum Gasteiger partial charge on any atom is 0.387 e. The molecule has 1 atom stereocenters. The van der Waals surface area contributed by atoms with E-state index in [0.717, 1.165) is 24.9 Å². The molecular formula is C13H16F2N2O2. The number of alkyl halides is 2. The average Bonchev–Trinajstić information content (AvgIpc) is 2.91. The molecule has 0 spiro atoms. The molecule has 0 aromatic heterocycles. The molecule has 1 heterocycles. The maximum atomic E-state index is 12.0. The molecule has 0 bridgehead atoms. The van der Waals surface area contributed by atoms with Crippen LogP contribution in [0.2, 0.25) is 0 Å². The van der Waals surface area contributed by atoms with Gasteiger partial charge in [-0.3, -0.25) is 4.79 Å². The number of amides is 1. The van der Waals surface area contributed by atoms with E-state index in [9.17, 15) is 13.6 Å². The van der Waals surface area contributed by atoms with Gasteiger partial charge in [0.2, 0.25) is 5.91 Å². The molecule has 0 unspecified atom stereocenters. The van der Waals surface area contributed by atoms with E-state index in [1.807, 2.05) is 0 Å². The van der Waals surface area contributed by atoms with Gasteiger partial charge in [-0.2, -0.15) is 8.78 Å². The van der Waals surface area contributed by atoms with Gasteiger partial charge < -0.3 is 15.4 Å². The molecule has 4 nitrogen and oxygen atoms in total. The van der Waals surface area contributed by atoms with Crippen molar-refractivity contribution in [3.8, 4) is 5.75 Å². The summed E-state index contributed by atoms with van der Waals surface area (Å²) in [6.07, 6.45) is 1.87. The number of hydrogen-bond acceptors (Lipinski definition) is 3. The number of rotatable bonds is 5. The zero-order valence-corrected chi connectivity index (χ0v) is 10.4.